The lowest BCUT2D eigenvalue weighted by Gasteiger charge is -2.50. The number of esters is 1. The molecule has 59 heavy (non-hydrogen) atoms. The van der Waals surface area contributed by atoms with Crippen molar-refractivity contribution in [3.63, 3.8) is 0 Å². The fourth-order valence-electron chi connectivity index (χ4n) is 8.34. The SMILES string of the molecule is Cc1c(C(=O)OCOC(=O)N(CC(=O)Nc2cc(N(C)C)c3c(c2O)C(O)=C2C(=O)[C@]4(O)C(O)=C(C(N)=O)C(=O)[C@@H](N(C)C)[C@@H]4C[C@@H]2C3)C(C)(C)C)oc2ccccc12. The Morgan fingerprint density at radius 2 is 1.69 bits per heavy atom. The topological polar surface area (TPSA) is 263 Å². The summed E-state index contributed by atoms with van der Waals surface area (Å²) in [6, 6.07) is 7.23. The molecule has 0 aliphatic heterocycles. The number of phenols is 1. The number of furan rings is 1. The molecule has 7 N–H and O–H groups in total. The number of ketones is 2. The Bertz CT molecular complexity index is 2390. The van der Waals surface area contributed by atoms with E-state index in [4.69, 9.17) is 19.6 Å². The number of likely N-dealkylation sites (N-methyl/N-ethyl adjacent to an activating group) is 1. The molecule has 1 saturated carbocycles. The van der Waals surface area contributed by atoms with Crippen LogP contribution in [0.5, 0.6) is 5.75 Å². The molecule has 1 fully saturated rings. The van der Waals surface area contributed by atoms with E-state index in [2.05, 4.69) is 5.32 Å². The van der Waals surface area contributed by atoms with Gasteiger partial charge >= 0.3 is 12.1 Å². The molecule has 0 radical (unpaired) electrons. The maximum absolute atomic E-state index is 14.3. The zero-order chi connectivity index (χ0) is 43.6. The molecule has 3 aliphatic rings. The van der Waals surface area contributed by atoms with Crippen molar-refractivity contribution in [1.82, 2.24) is 9.80 Å². The van der Waals surface area contributed by atoms with Crippen LogP contribution in [-0.4, -0.2) is 124 Å². The van der Waals surface area contributed by atoms with Crippen molar-refractivity contribution in [2.45, 2.75) is 57.7 Å². The summed E-state index contributed by atoms with van der Waals surface area (Å²) in [7, 11) is 6.37. The van der Waals surface area contributed by atoms with Gasteiger partial charge in [0.05, 0.1) is 17.3 Å². The number of fused-ring (bicyclic) bond motifs is 4. The smallest absolute Gasteiger partial charge is 0.413 e. The number of phenolic OH excluding ortho intramolecular Hbond substituents is 1. The number of Topliss-reactive ketones (excluding diaryl/α,β-unsaturated/α-hetero) is 2. The Hall–Kier alpha value is -6.40. The molecule has 3 aliphatic carbocycles. The number of aryl methyl sites for hydroxylation is 1. The summed E-state index contributed by atoms with van der Waals surface area (Å²) in [5, 5.41) is 49.8. The van der Waals surface area contributed by atoms with Gasteiger partial charge in [0.1, 0.15) is 35.0 Å². The van der Waals surface area contributed by atoms with Crippen molar-refractivity contribution in [2.24, 2.45) is 17.6 Å². The minimum atomic E-state index is -2.83. The number of rotatable bonds is 9. The number of amides is 3. The first-order valence-corrected chi connectivity index (χ1v) is 18.6. The van der Waals surface area contributed by atoms with Crippen LogP contribution in [0.1, 0.15) is 54.4 Å². The van der Waals surface area contributed by atoms with Crippen LogP contribution in [0.15, 0.2) is 51.7 Å². The first kappa shape index (κ1) is 42.2. The molecular weight excluding hydrogens is 770 g/mol. The third-order valence-electron chi connectivity index (χ3n) is 11.2. The summed E-state index contributed by atoms with van der Waals surface area (Å²) in [5.41, 5.74) is 1.65. The van der Waals surface area contributed by atoms with Gasteiger partial charge in [0.15, 0.2) is 11.4 Å². The van der Waals surface area contributed by atoms with Crippen molar-refractivity contribution < 1.29 is 63.1 Å². The number of para-hydroxylation sites is 1. The second-order valence-corrected chi connectivity index (χ2v) is 16.3. The minimum Gasteiger partial charge on any atom is -0.508 e. The van der Waals surface area contributed by atoms with E-state index in [0.29, 0.717) is 27.8 Å². The highest BCUT2D eigenvalue weighted by atomic mass is 16.7. The van der Waals surface area contributed by atoms with Gasteiger partial charge in [0.2, 0.25) is 24.2 Å². The van der Waals surface area contributed by atoms with E-state index >= 15 is 0 Å². The number of primary amides is 1. The summed E-state index contributed by atoms with van der Waals surface area (Å²) in [4.78, 5) is 83.8. The standard InChI is InChI=1S/C41H47N5O13/c1-18-20-11-9-10-12-25(20)59-34(18)38(54)57-17-58-39(55)46(40(2,3)4)16-26(47)43-23-15-24(44(5)6)21-13-19-14-22-30(45(7)8)33(50)29(37(42)53)36(52)41(22,56)35(51)27(19)32(49)28(21)31(23)48/h9-12,15,19,22,30,48-49,52,56H,13-14,16-17H2,1-8H3,(H2,42,53)(H,43,47)/t19-,22-,30-,41-/m0/s1. The highest BCUT2D eigenvalue weighted by Crippen LogP contribution is 2.54. The first-order chi connectivity index (χ1) is 27.5. The molecule has 1 heterocycles. The van der Waals surface area contributed by atoms with Gasteiger partial charge in [-0.3, -0.25) is 29.0 Å². The van der Waals surface area contributed by atoms with Crippen molar-refractivity contribution in [3.05, 3.63) is 69.7 Å². The molecule has 0 spiro atoms. The van der Waals surface area contributed by atoms with Crippen LogP contribution in [0.2, 0.25) is 0 Å². The largest absolute Gasteiger partial charge is 0.508 e. The maximum atomic E-state index is 14.3. The zero-order valence-corrected chi connectivity index (χ0v) is 33.8. The molecule has 18 nitrogen and oxygen atoms in total. The number of aromatic hydroxyl groups is 1. The first-order valence-electron chi connectivity index (χ1n) is 18.6. The molecule has 0 saturated heterocycles. The Balaban J connectivity index is 1.26. The third-order valence-corrected chi connectivity index (χ3v) is 11.2. The number of anilines is 2. The molecule has 2 aromatic carbocycles. The summed E-state index contributed by atoms with van der Waals surface area (Å²) < 4.78 is 16.0. The molecule has 0 unspecified atom stereocenters. The highest BCUT2D eigenvalue weighted by molar-refractivity contribution is 6.24. The summed E-state index contributed by atoms with van der Waals surface area (Å²) in [6.07, 6.45) is -1.09. The van der Waals surface area contributed by atoms with Gasteiger partial charge in [0, 0.05) is 47.8 Å². The van der Waals surface area contributed by atoms with Crippen LogP contribution < -0.4 is 16.0 Å². The number of nitrogens with two attached hydrogens (primary N) is 1. The summed E-state index contributed by atoms with van der Waals surface area (Å²) >= 11 is 0. The number of hydrogen-bond donors (Lipinski definition) is 6. The minimum absolute atomic E-state index is 0.0218. The van der Waals surface area contributed by atoms with E-state index in [1.54, 1.807) is 71.0 Å². The predicted octanol–water partition coefficient (Wildman–Crippen LogP) is 3.07. The number of nitrogens with zero attached hydrogens (tertiary/aromatic N) is 3. The Labute approximate surface area is 338 Å². The number of hydrogen-bond acceptors (Lipinski definition) is 15. The van der Waals surface area contributed by atoms with Crippen LogP contribution in [0.25, 0.3) is 16.7 Å². The van der Waals surface area contributed by atoms with Crippen molar-refractivity contribution in [1.29, 1.82) is 0 Å². The summed E-state index contributed by atoms with van der Waals surface area (Å²) in [6.45, 7) is 5.17. The van der Waals surface area contributed by atoms with E-state index in [-0.39, 0.29) is 35.4 Å². The molecule has 1 aromatic heterocycles. The van der Waals surface area contributed by atoms with E-state index in [1.807, 2.05) is 0 Å². The van der Waals surface area contributed by atoms with Crippen LogP contribution in [-0.2, 0) is 35.1 Å². The van der Waals surface area contributed by atoms with E-state index in [0.717, 1.165) is 4.90 Å². The molecule has 18 heteroatoms. The van der Waals surface area contributed by atoms with E-state index in [1.165, 1.54) is 25.1 Å². The summed E-state index contributed by atoms with van der Waals surface area (Å²) in [5.74, 6) is -9.80. The number of ether oxygens (including phenoxy) is 2. The fraction of sp³-hybridized carbons (Fsp3) is 0.415. The number of nitrogens with one attached hydrogen (secondary N) is 1. The molecule has 3 aromatic rings. The van der Waals surface area contributed by atoms with Gasteiger partial charge in [0.25, 0.3) is 5.91 Å². The van der Waals surface area contributed by atoms with E-state index < -0.39 is 101 Å². The molecule has 6 rings (SSSR count). The predicted molar refractivity (Wildman–Crippen MR) is 211 cm³/mol. The number of aliphatic hydroxyl groups is 3. The number of benzene rings is 2. The van der Waals surface area contributed by atoms with Crippen molar-refractivity contribution in [3.8, 4) is 5.75 Å². The quantitative estimate of drug-likeness (QED) is 0.0785. The number of carbonyl (C=O) groups excluding carboxylic acids is 6. The molecular formula is C41H47N5O13. The lowest BCUT2D eigenvalue weighted by Crippen LogP contribution is -2.65. The normalized spacial score (nSPS) is 21.5. The van der Waals surface area contributed by atoms with Crippen LogP contribution in [0, 0.1) is 18.8 Å². The molecule has 314 valence electrons. The van der Waals surface area contributed by atoms with Crippen LogP contribution in [0.4, 0.5) is 16.2 Å². The van der Waals surface area contributed by atoms with Crippen molar-refractivity contribution >= 4 is 63.5 Å². The lowest BCUT2D eigenvalue weighted by atomic mass is 9.57. The van der Waals surface area contributed by atoms with Gasteiger partial charge in [-0.1, -0.05) is 18.2 Å². The Morgan fingerprint density at radius 1 is 1.03 bits per heavy atom. The molecule has 0 bridgehead atoms. The highest BCUT2D eigenvalue weighted by Gasteiger charge is 2.64. The second-order valence-electron chi connectivity index (χ2n) is 16.3. The van der Waals surface area contributed by atoms with Crippen LogP contribution in [0.3, 0.4) is 0 Å². The van der Waals surface area contributed by atoms with Crippen molar-refractivity contribution in [2.75, 3.05) is 51.7 Å². The number of carbonyl (C=O) groups is 6. The van der Waals surface area contributed by atoms with Gasteiger partial charge < -0.3 is 50.3 Å². The van der Waals surface area contributed by atoms with Gasteiger partial charge in [-0.25, -0.2) is 9.59 Å². The van der Waals surface area contributed by atoms with Gasteiger partial charge in [-0.2, -0.15) is 0 Å². The second kappa shape index (κ2) is 15.1. The Morgan fingerprint density at radius 3 is 2.29 bits per heavy atom. The number of aliphatic hydroxyl groups excluding tert-OH is 2. The fourth-order valence-corrected chi connectivity index (χ4v) is 8.34. The van der Waals surface area contributed by atoms with Crippen LogP contribution >= 0.6 is 0 Å². The molecule has 3 amide bonds. The van der Waals surface area contributed by atoms with E-state index in [9.17, 15) is 49.2 Å². The zero-order valence-electron chi connectivity index (χ0n) is 33.8. The third kappa shape index (κ3) is 7.01. The van der Waals surface area contributed by atoms with Gasteiger partial charge in [-0.15, -0.1) is 0 Å². The maximum Gasteiger partial charge on any atom is 0.413 e. The van der Waals surface area contributed by atoms with Gasteiger partial charge in [-0.05, 0) is 78.2 Å². The Kier molecular flexibility index (Phi) is 10.8. The lowest BCUT2D eigenvalue weighted by molar-refractivity contribution is -0.153. The average Bonchev–Trinajstić information content (AvgIpc) is 3.48. The average molecular weight is 818 g/mol. The molecule has 4 atom stereocenters. The monoisotopic (exact) mass is 817 g/mol.